The van der Waals surface area contributed by atoms with Crippen molar-refractivity contribution in [2.75, 3.05) is 25.5 Å². The van der Waals surface area contributed by atoms with Crippen LogP contribution in [0.3, 0.4) is 0 Å². The van der Waals surface area contributed by atoms with E-state index >= 15 is 0 Å². The summed E-state index contributed by atoms with van der Waals surface area (Å²) < 4.78 is 0. The van der Waals surface area contributed by atoms with Gasteiger partial charge in [-0.25, -0.2) is 9.97 Å². The molecule has 188 valence electrons. The number of nitrogens with one attached hydrogen (secondary N) is 1. The molecule has 1 atom stereocenters. The lowest BCUT2D eigenvalue weighted by molar-refractivity contribution is 0.102. The molecule has 0 radical (unpaired) electrons. The number of aromatic nitrogens is 3. The zero-order valence-electron chi connectivity index (χ0n) is 21.5. The molecule has 2 aromatic heterocycles. The number of benzene rings is 2. The largest absolute Gasteiger partial charge is 0.322 e. The quantitative estimate of drug-likeness (QED) is 0.364. The molecule has 1 saturated heterocycles. The van der Waals surface area contributed by atoms with E-state index in [1.165, 1.54) is 31.4 Å². The number of nitrogens with zero attached hydrogens (tertiary/aromatic N) is 4. The number of anilines is 1. The second-order valence-corrected chi connectivity index (χ2v) is 9.95. The summed E-state index contributed by atoms with van der Waals surface area (Å²) in [6.45, 7) is 4.31. The maximum absolute atomic E-state index is 13.1. The molecule has 1 amide bonds. The van der Waals surface area contributed by atoms with Crippen molar-refractivity contribution >= 4 is 11.6 Å². The molecule has 0 spiro atoms. The first-order valence-corrected chi connectivity index (χ1v) is 13.0. The van der Waals surface area contributed by atoms with Gasteiger partial charge in [-0.2, -0.15) is 0 Å². The molecule has 6 heteroatoms. The summed E-state index contributed by atoms with van der Waals surface area (Å²) >= 11 is 0. The van der Waals surface area contributed by atoms with Crippen LogP contribution in [0.5, 0.6) is 0 Å². The summed E-state index contributed by atoms with van der Waals surface area (Å²) in [5, 5.41) is 3.06. The fraction of sp³-hybridized carbons (Fsp3) is 0.290. The predicted octanol–water partition coefficient (Wildman–Crippen LogP) is 5.89. The molecule has 2 aromatic carbocycles. The summed E-state index contributed by atoms with van der Waals surface area (Å²) in [5.74, 6) is 1.14. The topological polar surface area (TPSA) is 71.0 Å². The molecule has 1 unspecified atom stereocenters. The third kappa shape index (κ3) is 6.27. The van der Waals surface area contributed by atoms with Gasteiger partial charge in [-0.1, -0.05) is 24.6 Å². The van der Waals surface area contributed by atoms with Gasteiger partial charge in [0.25, 0.3) is 5.91 Å². The third-order valence-corrected chi connectivity index (χ3v) is 7.14. The number of carbonyl (C=O) groups is 1. The van der Waals surface area contributed by atoms with Crippen LogP contribution in [-0.4, -0.2) is 45.9 Å². The molecule has 0 saturated carbocycles. The molecule has 6 nitrogen and oxygen atoms in total. The summed E-state index contributed by atoms with van der Waals surface area (Å²) in [6.07, 6.45) is 9.61. The molecule has 0 bridgehead atoms. The SMILES string of the molecule is Cc1ccc(C(=O)Nc2ccc(C3CCCCN(C)C3)cc2)cc1Cc1nccc(-c2cccnc2)n1. The molecular formula is C31H33N5O. The van der Waals surface area contributed by atoms with E-state index in [0.29, 0.717) is 23.7 Å². The maximum atomic E-state index is 13.1. The summed E-state index contributed by atoms with van der Waals surface area (Å²) in [6, 6.07) is 19.9. The smallest absolute Gasteiger partial charge is 0.255 e. The molecule has 3 heterocycles. The number of rotatable bonds is 6. The number of carbonyl (C=O) groups excluding carboxylic acids is 1. The van der Waals surface area contributed by atoms with Gasteiger partial charge >= 0.3 is 0 Å². The Balaban J connectivity index is 1.28. The number of pyridine rings is 1. The average molecular weight is 492 g/mol. The summed E-state index contributed by atoms with van der Waals surface area (Å²) in [5.41, 5.74) is 6.70. The molecule has 5 rings (SSSR count). The zero-order chi connectivity index (χ0) is 25.6. The van der Waals surface area contributed by atoms with E-state index in [1.54, 1.807) is 18.6 Å². The first kappa shape index (κ1) is 24.8. The Morgan fingerprint density at radius 3 is 2.73 bits per heavy atom. The number of likely N-dealkylation sites (tertiary alicyclic amines) is 1. The van der Waals surface area contributed by atoms with Gasteiger partial charge in [-0.05, 0) is 98.4 Å². The van der Waals surface area contributed by atoms with E-state index in [0.717, 1.165) is 34.6 Å². The van der Waals surface area contributed by atoms with Crippen LogP contribution in [0.1, 0.15) is 58.1 Å². The Labute approximate surface area is 218 Å². The highest BCUT2D eigenvalue weighted by Gasteiger charge is 2.17. The van der Waals surface area contributed by atoms with E-state index < -0.39 is 0 Å². The van der Waals surface area contributed by atoms with Gasteiger partial charge < -0.3 is 10.2 Å². The fourth-order valence-electron chi connectivity index (χ4n) is 4.98. The van der Waals surface area contributed by atoms with Crippen molar-refractivity contribution in [3.63, 3.8) is 0 Å². The molecule has 4 aromatic rings. The molecule has 1 N–H and O–H groups in total. The van der Waals surface area contributed by atoms with Gasteiger partial charge in [0.15, 0.2) is 0 Å². The van der Waals surface area contributed by atoms with Gasteiger partial charge in [0, 0.05) is 48.4 Å². The van der Waals surface area contributed by atoms with Crippen LogP contribution in [0.2, 0.25) is 0 Å². The molecular weight excluding hydrogens is 458 g/mol. The van der Waals surface area contributed by atoms with Crippen LogP contribution < -0.4 is 5.32 Å². The van der Waals surface area contributed by atoms with Crippen molar-refractivity contribution in [3.8, 4) is 11.3 Å². The Bertz CT molecular complexity index is 1350. The van der Waals surface area contributed by atoms with E-state index in [4.69, 9.17) is 4.98 Å². The first-order chi connectivity index (χ1) is 18.0. The lowest BCUT2D eigenvalue weighted by Crippen LogP contribution is -2.23. The average Bonchev–Trinajstić information content (AvgIpc) is 3.15. The number of amides is 1. The molecule has 1 fully saturated rings. The van der Waals surface area contributed by atoms with E-state index in [1.807, 2.05) is 55.5 Å². The normalized spacial score (nSPS) is 16.2. The van der Waals surface area contributed by atoms with Crippen LogP contribution in [0, 0.1) is 6.92 Å². The van der Waals surface area contributed by atoms with Gasteiger partial charge in [-0.15, -0.1) is 0 Å². The summed E-state index contributed by atoms with van der Waals surface area (Å²) in [4.78, 5) is 28.9. The molecule has 0 aliphatic carbocycles. The van der Waals surface area contributed by atoms with Crippen molar-refractivity contribution in [2.24, 2.45) is 0 Å². The zero-order valence-corrected chi connectivity index (χ0v) is 21.5. The van der Waals surface area contributed by atoms with Crippen LogP contribution >= 0.6 is 0 Å². The second kappa shape index (κ2) is 11.4. The van der Waals surface area contributed by atoms with Crippen molar-refractivity contribution in [3.05, 3.63) is 107 Å². The highest BCUT2D eigenvalue weighted by molar-refractivity contribution is 6.04. The van der Waals surface area contributed by atoms with Gasteiger partial charge in [0.05, 0.1) is 5.69 Å². The third-order valence-electron chi connectivity index (χ3n) is 7.14. The highest BCUT2D eigenvalue weighted by atomic mass is 16.1. The van der Waals surface area contributed by atoms with Crippen molar-refractivity contribution in [2.45, 2.75) is 38.5 Å². The number of likely N-dealkylation sites (N-methyl/N-ethyl adjacent to an activating group) is 1. The Morgan fingerprint density at radius 2 is 1.92 bits per heavy atom. The molecule has 1 aliphatic heterocycles. The fourth-order valence-corrected chi connectivity index (χ4v) is 4.98. The van der Waals surface area contributed by atoms with Crippen LogP contribution in [-0.2, 0) is 6.42 Å². The van der Waals surface area contributed by atoms with Crippen molar-refractivity contribution in [1.29, 1.82) is 0 Å². The van der Waals surface area contributed by atoms with Gasteiger partial charge in [0.2, 0.25) is 0 Å². The van der Waals surface area contributed by atoms with Crippen LogP contribution in [0.25, 0.3) is 11.3 Å². The summed E-state index contributed by atoms with van der Waals surface area (Å²) in [7, 11) is 2.20. The Kier molecular flexibility index (Phi) is 7.66. The Morgan fingerprint density at radius 1 is 1.05 bits per heavy atom. The van der Waals surface area contributed by atoms with E-state index in [-0.39, 0.29) is 5.91 Å². The Hall–Kier alpha value is -3.90. The minimum atomic E-state index is -0.117. The van der Waals surface area contributed by atoms with Gasteiger partial charge in [-0.3, -0.25) is 9.78 Å². The molecule has 1 aliphatic rings. The van der Waals surface area contributed by atoms with Crippen LogP contribution in [0.15, 0.2) is 79.3 Å². The van der Waals surface area contributed by atoms with Crippen molar-refractivity contribution < 1.29 is 4.79 Å². The lowest BCUT2D eigenvalue weighted by Gasteiger charge is -2.20. The second-order valence-electron chi connectivity index (χ2n) is 9.95. The predicted molar refractivity (Wildman–Crippen MR) is 148 cm³/mol. The van der Waals surface area contributed by atoms with Gasteiger partial charge in [0.1, 0.15) is 5.82 Å². The number of aryl methyl sites for hydroxylation is 1. The van der Waals surface area contributed by atoms with Crippen molar-refractivity contribution in [1.82, 2.24) is 19.9 Å². The maximum Gasteiger partial charge on any atom is 0.255 e. The van der Waals surface area contributed by atoms with Crippen LogP contribution in [0.4, 0.5) is 5.69 Å². The number of hydrogen-bond acceptors (Lipinski definition) is 5. The first-order valence-electron chi connectivity index (χ1n) is 13.0. The monoisotopic (exact) mass is 491 g/mol. The van der Waals surface area contributed by atoms with E-state index in [2.05, 4.69) is 39.4 Å². The molecule has 37 heavy (non-hydrogen) atoms. The highest BCUT2D eigenvalue weighted by Crippen LogP contribution is 2.27. The number of hydrogen-bond donors (Lipinski definition) is 1. The standard InChI is InChI=1S/C31H33N5O/c1-22-8-9-24(18-27(22)19-30-33-16-14-29(35-30)25-7-5-15-32-20-25)31(37)34-28-12-10-23(11-13-28)26-6-3-4-17-36(2)21-26/h5,7-16,18,20,26H,3-4,6,17,19,21H2,1-2H3,(H,34,37). The minimum absolute atomic E-state index is 0.117. The lowest BCUT2D eigenvalue weighted by atomic mass is 9.94. The van der Waals surface area contributed by atoms with E-state index in [9.17, 15) is 4.79 Å². The minimum Gasteiger partial charge on any atom is -0.322 e.